The molecule has 0 radical (unpaired) electrons. The topological polar surface area (TPSA) is 58.0 Å². The minimum atomic E-state index is -0.177. The van der Waals surface area contributed by atoms with E-state index in [1.807, 2.05) is 20.8 Å². The van der Waals surface area contributed by atoms with Crippen LogP contribution in [0.2, 0.25) is 0 Å². The van der Waals surface area contributed by atoms with Gasteiger partial charge < -0.3 is 10.4 Å². The van der Waals surface area contributed by atoms with Gasteiger partial charge in [-0.15, -0.1) is 0 Å². The molecule has 4 nitrogen and oxygen atoms in total. The highest BCUT2D eigenvalue weighted by molar-refractivity contribution is 5.28. The standard InChI is InChI=1S/C10H17N3O/c1-8-6-11-9(12-7-8)13-10(2,3)4-5-14/h6-7,14H,4-5H2,1-3H3,(H,11,12,13). The summed E-state index contributed by atoms with van der Waals surface area (Å²) in [5, 5.41) is 12.0. The summed E-state index contributed by atoms with van der Waals surface area (Å²) in [6.07, 6.45) is 4.21. The summed E-state index contributed by atoms with van der Waals surface area (Å²) in [5.41, 5.74) is 0.861. The van der Waals surface area contributed by atoms with Gasteiger partial charge in [-0.05, 0) is 32.8 Å². The van der Waals surface area contributed by atoms with E-state index in [9.17, 15) is 0 Å². The maximum absolute atomic E-state index is 8.84. The molecule has 0 amide bonds. The van der Waals surface area contributed by atoms with Gasteiger partial charge in [0.05, 0.1) is 0 Å². The Morgan fingerprint density at radius 1 is 1.36 bits per heavy atom. The maximum Gasteiger partial charge on any atom is 0.223 e. The zero-order valence-corrected chi connectivity index (χ0v) is 8.91. The third kappa shape index (κ3) is 3.30. The second kappa shape index (κ2) is 4.37. The second-order valence-corrected chi connectivity index (χ2v) is 4.07. The molecule has 0 aliphatic rings. The van der Waals surface area contributed by atoms with Crippen molar-refractivity contribution in [3.63, 3.8) is 0 Å². The normalized spacial score (nSPS) is 11.4. The number of aliphatic hydroxyl groups excluding tert-OH is 1. The van der Waals surface area contributed by atoms with Gasteiger partial charge in [0.25, 0.3) is 0 Å². The van der Waals surface area contributed by atoms with E-state index in [1.165, 1.54) is 0 Å². The maximum atomic E-state index is 8.84. The predicted octanol–water partition coefficient (Wildman–Crippen LogP) is 1.36. The lowest BCUT2D eigenvalue weighted by atomic mass is 10.0. The third-order valence-electron chi connectivity index (χ3n) is 1.97. The summed E-state index contributed by atoms with van der Waals surface area (Å²) in [4.78, 5) is 8.28. The van der Waals surface area contributed by atoms with Gasteiger partial charge in [0.15, 0.2) is 0 Å². The number of rotatable bonds is 4. The van der Waals surface area contributed by atoms with Crippen LogP contribution in [0.4, 0.5) is 5.95 Å². The minimum Gasteiger partial charge on any atom is -0.396 e. The molecular formula is C10H17N3O. The SMILES string of the molecule is Cc1cnc(NC(C)(C)CCO)nc1. The minimum absolute atomic E-state index is 0.159. The highest BCUT2D eigenvalue weighted by Crippen LogP contribution is 2.13. The predicted molar refractivity (Wildman–Crippen MR) is 56.2 cm³/mol. The first-order valence-electron chi connectivity index (χ1n) is 4.71. The Morgan fingerprint density at radius 2 is 1.93 bits per heavy atom. The van der Waals surface area contributed by atoms with Gasteiger partial charge in [0, 0.05) is 24.5 Å². The monoisotopic (exact) mass is 195 g/mol. The summed E-state index contributed by atoms with van der Waals surface area (Å²) in [7, 11) is 0. The van der Waals surface area contributed by atoms with Crippen molar-refractivity contribution < 1.29 is 5.11 Å². The highest BCUT2D eigenvalue weighted by atomic mass is 16.3. The summed E-state index contributed by atoms with van der Waals surface area (Å²) in [6.45, 7) is 6.12. The van der Waals surface area contributed by atoms with Crippen molar-refractivity contribution in [1.82, 2.24) is 9.97 Å². The molecule has 78 valence electrons. The van der Waals surface area contributed by atoms with Gasteiger partial charge in [-0.3, -0.25) is 0 Å². The fourth-order valence-corrected chi connectivity index (χ4v) is 1.10. The Hall–Kier alpha value is -1.16. The summed E-state index contributed by atoms with van der Waals surface area (Å²) in [5.74, 6) is 0.606. The molecule has 1 aromatic rings. The third-order valence-corrected chi connectivity index (χ3v) is 1.97. The van der Waals surface area contributed by atoms with Gasteiger partial charge >= 0.3 is 0 Å². The van der Waals surface area contributed by atoms with Crippen molar-refractivity contribution >= 4 is 5.95 Å². The molecule has 0 bridgehead atoms. The molecule has 0 atom stereocenters. The van der Waals surface area contributed by atoms with Crippen molar-refractivity contribution in [2.45, 2.75) is 32.7 Å². The molecule has 1 heterocycles. The van der Waals surface area contributed by atoms with Crippen LogP contribution in [0.15, 0.2) is 12.4 Å². The van der Waals surface area contributed by atoms with Crippen LogP contribution in [-0.4, -0.2) is 27.2 Å². The van der Waals surface area contributed by atoms with Crippen molar-refractivity contribution in [1.29, 1.82) is 0 Å². The van der Waals surface area contributed by atoms with Gasteiger partial charge in [-0.1, -0.05) is 0 Å². The van der Waals surface area contributed by atoms with Crippen molar-refractivity contribution in [2.24, 2.45) is 0 Å². The fraction of sp³-hybridized carbons (Fsp3) is 0.600. The Balaban J connectivity index is 2.64. The summed E-state index contributed by atoms with van der Waals surface area (Å²) < 4.78 is 0. The van der Waals surface area contributed by atoms with Crippen LogP contribution in [-0.2, 0) is 0 Å². The average molecular weight is 195 g/mol. The van der Waals surface area contributed by atoms with Crippen LogP contribution in [0.1, 0.15) is 25.8 Å². The molecule has 1 rings (SSSR count). The van der Waals surface area contributed by atoms with Crippen LogP contribution in [0.3, 0.4) is 0 Å². The lowest BCUT2D eigenvalue weighted by Gasteiger charge is -2.25. The number of aromatic nitrogens is 2. The Labute approximate surface area is 84.4 Å². The molecule has 0 saturated heterocycles. The molecule has 0 aliphatic heterocycles. The lowest BCUT2D eigenvalue weighted by Crippen LogP contribution is -2.32. The van der Waals surface area contributed by atoms with Crippen molar-refractivity contribution in [3.8, 4) is 0 Å². The Morgan fingerprint density at radius 3 is 2.43 bits per heavy atom. The van der Waals surface area contributed by atoms with Crippen LogP contribution < -0.4 is 5.32 Å². The van der Waals surface area contributed by atoms with E-state index in [0.29, 0.717) is 12.4 Å². The van der Waals surface area contributed by atoms with E-state index < -0.39 is 0 Å². The lowest BCUT2D eigenvalue weighted by molar-refractivity contribution is 0.260. The molecule has 0 aromatic carbocycles. The number of hydrogen-bond acceptors (Lipinski definition) is 4. The number of aliphatic hydroxyl groups is 1. The van der Waals surface area contributed by atoms with Gasteiger partial charge in [-0.2, -0.15) is 0 Å². The molecule has 4 heteroatoms. The first-order chi connectivity index (χ1) is 6.53. The zero-order chi connectivity index (χ0) is 10.6. The molecule has 1 aromatic heterocycles. The smallest absolute Gasteiger partial charge is 0.223 e. The Kier molecular flexibility index (Phi) is 3.41. The van der Waals surface area contributed by atoms with Gasteiger partial charge in [0.1, 0.15) is 0 Å². The zero-order valence-electron chi connectivity index (χ0n) is 8.91. The Bertz CT molecular complexity index is 282. The molecule has 14 heavy (non-hydrogen) atoms. The largest absolute Gasteiger partial charge is 0.396 e. The molecular weight excluding hydrogens is 178 g/mol. The van der Waals surface area contributed by atoms with E-state index in [2.05, 4.69) is 15.3 Å². The van der Waals surface area contributed by atoms with Crippen LogP contribution in [0, 0.1) is 6.92 Å². The highest BCUT2D eigenvalue weighted by Gasteiger charge is 2.17. The first kappa shape index (κ1) is 10.9. The first-order valence-corrected chi connectivity index (χ1v) is 4.71. The van der Waals surface area contributed by atoms with Crippen molar-refractivity contribution in [2.75, 3.05) is 11.9 Å². The number of anilines is 1. The van der Waals surface area contributed by atoms with Crippen LogP contribution in [0.25, 0.3) is 0 Å². The van der Waals surface area contributed by atoms with E-state index in [4.69, 9.17) is 5.11 Å². The van der Waals surface area contributed by atoms with Gasteiger partial charge in [-0.25, -0.2) is 9.97 Å². The molecule has 0 saturated carbocycles. The van der Waals surface area contributed by atoms with E-state index in [0.717, 1.165) is 5.56 Å². The average Bonchev–Trinajstić information content (AvgIpc) is 2.08. The van der Waals surface area contributed by atoms with Gasteiger partial charge in [0.2, 0.25) is 5.95 Å². The second-order valence-electron chi connectivity index (χ2n) is 4.07. The van der Waals surface area contributed by atoms with E-state index in [1.54, 1.807) is 12.4 Å². The van der Waals surface area contributed by atoms with Crippen LogP contribution >= 0.6 is 0 Å². The molecule has 2 N–H and O–H groups in total. The molecule has 0 spiro atoms. The fourth-order valence-electron chi connectivity index (χ4n) is 1.10. The van der Waals surface area contributed by atoms with Crippen molar-refractivity contribution in [3.05, 3.63) is 18.0 Å². The van der Waals surface area contributed by atoms with Crippen LogP contribution in [0.5, 0.6) is 0 Å². The molecule has 0 aliphatic carbocycles. The number of nitrogens with one attached hydrogen (secondary N) is 1. The quantitative estimate of drug-likeness (QED) is 0.761. The van der Waals surface area contributed by atoms with E-state index >= 15 is 0 Å². The summed E-state index contributed by atoms with van der Waals surface area (Å²) in [6, 6.07) is 0. The summed E-state index contributed by atoms with van der Waals surface area (Å²) >= 11 is 0. The molecule has 0 fully saturated rings. The molecule has 0 unspecified atom stereocenters. The number of hydrogen-bond donors (Lipinski definition) is 2. The number of aryl methyl sites for hydroxylation is 1. The van der Waals surface area contributed by atoms with E-state index in [-0.39, 0.29) is 12.1 Å². The number of nitrogens with zero attached hydrogens (tertiary/aromatic N) is 2.